The second-order valence-corrected chi connectivity index (χ2v) is 4.62. The Bertz CT molecular complexity index is 506. The van der Waals surface area contributed by atoms with Crippen molar-refractivity contribution in [2.24, 2.45) is 16.6 Å². The summed E-state index contributed by atoms with van der Waals surface area (Å²) in [6, 6.07) is 5.65. The lowest BCUT2D eigenvalue weighted by molar-refractivity contribution is -0.274. The number of hydrogen-bond donors (Lipinski definition) is 2. The Labute approximate surface area is 143 Å². The molecule has 1 unspecified atom stereocenters. The van der Waals surface area contributed by atoms with Gasteiger partial charge in [-0.2, -0.15) is 0 Å². The molecule has 0 aromatic heterocycles. The molecule has 5 nitrogen and oxygen atoms in total. The smallest absolute Gasteiger partial charge is 0.404 e. The van der Waals surface area contributed by atoms with E-state index in [1.165, 1.54) is 18.2 Å². The third kappa shape index (κ3) is 6.26. The Morgan fingerprint density at radius 3 is 2.77 bits per heavy atom. The minimum Gasteiger partial charge on any atom is -0.404 e. The van der Waals surface area contributed by atoms with E-state index in [1.807, 2.05) is 0 Å². The second kappa shape index (κ2) is 8.42. The average molecular weight is 431 g/mol. The number of ether oxygens (including phenoxy) is 2. The second-order valence-electron chi connectivity index (χ2n) is 4.62. The summed E-state index contributed by atoms with van der Waals surface area (Å²) in [6.45, 7) is 1.81. The number of alkyl halides is 3. The van der Waals surface area contributed by atoms with E-state index in [1.54, 1.807) is 6.07 Å². The lowest BCUT2D eigenvalue weighted by Gasteiger charge is -2.14. The van der Waals surface area contributed by atoms with Crippen molar-refractivity contribution in [3.05, 3.63) is 24.3 Å². The zero-order chi connectivity index (χ0) is 15.3. The Kier molecular flexibility index (Phi) is 7.20. The molecular formula is C13H17F3IN3O2. The highest BCUT2D eigenvalue weighted by molar-refractivity contribution is 14.0. The van der Waals surface area contributed by atoms with Crippen LogP contribution in [0.1, 0.15) is 6.42 Å². The first-order valence-electron chi connectivity index (χ1n) is 6.43. The van der Waals surface area contributed by atoms with E-state index in [-0.39, 0.29) is 41.4 Å². The molecule has 1 saturated heterocycles. The number of para-hydroxylation sites is 2. The third-order valence-electron chi connectivity index (χ3n) is 2.92. The highest BCUT2D eigenvalue weighted by Gasteiger charge is 2.32. The monoisotopic (exact) mass is 431 g/mol. The van der Waals surface area contributed by atoms with Crippen molar-refractivity contribution < 1.29 is 22.6 Å². The van der Waals surface area contributed by atoms with Crippen molar-refractivity contribution in [3.8, 4) is 5.75 Å². The molecule has 0 saturated carbocycles. The van der Waals surface area contributed by atoms with Crippen LogP contribution in [0.5, 0.6) is 5.75 Å². The molecule has 2 rings (SSSR count). The SMILES string of the molecule is I.NC(=NCC1CCOC1)Nc1ccccc1OC(F)(F)F. The predicted octanol–water partition coefficient (Wildman–Crippen LogP) is 2.97. The number of anilines is 1. The lowest BCUT2D eigenvalue weighted by Crippen LogP contribution is -2.25. The molecule has 22 heavy (non-hydrogen) atoms. The van der Waals surface area contributed by atoms with E-state index < -0.39 is 6.36 Å². The molecule has 3 N–H and O–H groups in total. The van der Waals surface area contributed by atoms with Crippen molar-refractivity contribution in [2.45, 2.75) is 12.8 Å². The summed E-state index contributed by atoms with van der Waals surface area (Å²) in [5.74, 6) is -0.0144. The van der Waals surface area contributed by atoms with E-state index in [2.05, 4.69) is 15.0 Å². The van der Waals surface area contributed by atoms with E-state index >= 15 is 0 Å². The highest BCUT2D eigenvalue weighted by Crippen LogP contribution is 2.29. The molecule has 0 amide bonds. The maximum atomic E-state index is 12.3. The van der Waals surface area contributed by atoms with Crippen molar-refractivity contribution >= 4 is 35.6 Å². The standard InChI is InChI=1S/C13H16F3N3O2.HI/c14-13(15,16)21-11-4-2-1-3-10(11)19-12(17)18-7-9-5-6-20-8-9;/h1-4,9H,5-8H2,(H3,17,18,19);1H. The summed E-state index contributed by atoms with van der Waals surface area (Å²) >= 11 is 0. The number of halogens is 4. The number of nitrogens with one attached hydrogen (secondary N) is 1. The van der Waals surface area contributed by atoms with Crippen molar-refractivity contribution in [3.63, 3.8) is 0 Å². The minimum absolute atomic E-state index is 0. The minimum atomic E-state index is -4.76. The molecule has 1 aromatic carbocycles. The van der Waals surface area contributed by atoms with Gasteiger partial charge in [-0.3, -0.25) is 4.99 Å². The molecule has 124 valence electrons. The quantitative estimate of drug-likeness (QED) is 0.437. The highest BCUT2D eigenvalue weighted by atomic mass is 127. The molecule has 1 aromatic rings. The number of benzene rings is 1. The lowest BCUT2D eigenvalue weighted by atomic mass is 10.1. The molecule has 0 aliphatic carbocycles. The van der Waals surface area contributed by atoms with E-state index in [4.69, 9.17) is 10.5 Å². The maximum Gasteiger partial charge on any atom is 0.573 e. The first kappa shape index (κ1) is 18.8. The molecule has 1 aliphatic rings. The van der Waals surface area contributed by atoms with Crippen LogP contribution in [0, 0.1) is 5.92 Å². The van der Waals surface area contributed by atoms with Crippen LogP contribution in [0.15, 0.2) is 29.3 Å². The molecule has 1 fully saturated rings. The first-order chi connectivity index (χ1) is 9.94. The summed E-state index contributed by atoms with van der Waals surface area (Å²) in [4.78, 5) is 4.11. The number of nitrogens with zero attached hydrogens (tertiary/aromatic N) is 1. The van der Waals surface area contributed by atoms with E-state index in [0.29, 0.717) is 25.7 Å². The van der Waals surface area contributed by atoms with Gasteiger partial charge in [-0.1, -0.05) is 12.1 Å². The van der Waals surface area contributed by atoms with Crippen LogP contribution in [0.2, 0.25) is 0 Å². The van der Waals surface area contributed by atoms with Crippen molar-refractivity contribution in [1.82, 2.24) is 0 Å². The van der Waals surface area contributed by atoms with Crippen LogP contribution in [-0.4, -0.2) is 32.1 Å². The van der Waals surface area contributed by atoms with Crippen LogP contribution in [0.4, 0.5) is 18.9 Å². The molecule has 1 heterocycles. The van der Waals surface area contributed by atoms with Gasteiger partial charge in [0.1, 0.15) is 0 Å². The molecule has 1 aliphatic heterocycles. The van der Waals surface area contributed by atoms with Gasteiger partial charge in [0.2, 0.25) is 0 Å². The molecule has 0 spiro atoms. The van der Waals surface area contributed by atoms with Crippen molar-refractivity contribution in [2.75, 3.05) is 25.1 Å². The normalized spacial score (nSPS) is 18.7. The number of hydrogen-bond acceptors (Lipinski definition) is 3. The van der Waals surface area contributed by atoms with Gasteiger partial charge in [0.15, 0.2) is 11.7 Å². The number of rotatable bonds is 4. The van der Waals surface area contributed by atoms with Gasteiger partial charge in [-0.05, 0) is 18.6 Å². The molecule has 1 atom stereocenters. The van der Waals surface area contributed by atoms with E-state index in [9.17, 15) is 13.2 Å². The van der Waals surface area contributed by atoms with Crippen LogP contribution >= 0.6 is 24.0 Å². The molecule has 9 heteroatoms. The molecular weight excluding hydrogens is 414 g/mol. The van der Waals surface area contributed by atoms with Crippen LogP contribution in [-0.2, 0) is 4.74 Å². The zero-order valence-corrected chi connectivity index (χ0v) is 13.9. The Hall–Kier alpha value is -1.23. The maximum absolute atomic E-state index is 12.3. The van der Waals surface area contributed by atoms with Crippen LogP contribution in [0.25, 0.3) is 0 Å². The fraction of sp³-hybridized carbons (Fsp3) is 0.462. The van der Waals surface area contributed by atoms with E-state index in [0.717, 1.165) is 6.42 Å². The Balaban J connectivity index is 0.00000242. The van der Waals surface area contributed by atoms with Gasteiger partial charge in [0.05, 0.1) is 12.3 Å². The van der Waals surface area contributed by atoms with Gasteiger partial charge in [-0.15, -0.1) is 37.1 Å². The van der Waals surface area contributed by atoms with Gasteiger partial charge in [0, 0.05) is 19.1 Å². The first-order valence-corrected chi connectivity index (χ1v) is 6.43. The zero-order valence-electron chi connectivity index (χ0n) is 11.6. The average Bonchev–Trinajstić information content (AvgIpc) is 2.90. The summed E-state index contributed by atoms with van der Waals surface area (Å²) in [5.41, 5.74) is 5.79. The van der Waals surface area contributed by atoms with Crippen LogP contribution < -0.4 is 15.8 Å². The van der Waals surface area contributed by atoms with Crippen molar-refractivity contribution in [1.29, 1.82) is 0 Å². The van der Waals surface area contributed by atoms with Gasteiger partial charge in [0.25, 0.3) is 0 Å². The molecule has 0 bridgehead atoms. The number of nitrogens with two attached hydrogens (primary N) is 1. The van der Waals surface area contributed by atoms with Crippen LogP contribution in [0.3, 0.4) is 0 Å². The summed E-state index contributed by atoms with van der Waals surface area (Å²) in [5, 5.41) is 2.62. The van der Waals surface area contributed by atoms with Gasteiger partial charge < -0.3 is 20.5 Å². The fourth-order valence-electron chi connectivity index (χ4n) is 1.92. The summed E-state index contributed by atoms with van der Waals surface area (Å²) in [7, 11) is 0. The Morgan fingerprint density at radius 1 is 1.41 bits per heavy atom. The number of guanidine groups is 1. The predicted molar refractivity (Wildman–Crippen MR) is 87.6 cm³/mol. The topological polar surface area (TPSA) is 68.9 Å². The number of aliphatic imine (C=N–C) groups is 1. The third-order valence-corrected chi connectivity index (χ3v) is 2.92. The van der Waals surface area contributed by atoms with Gasteiger partial charge in [-0.25, -0.2) is 0 Å². The largest absolute Gasteiger partial charge is 0.573 e. The Morgan fingerprint density at radius 2 is 2.14 bits per heavy atom. The summed E-state index contributed by atoms with van der Waals surface area (Å²) in [6.07, 6.45) is -3.85. The summed E-state index contributed by atoms with van der Waals surface area (Å²) < 4.78 is 46.0. The van der Waals surface area contributed by atoms with Gasteiger partial charge >= 0.3 is 6.36 Å². The fourth-order valence-corrected chi connectivity index (χ4v) is 1.92. The molecule has 0 radical (unpaired) electrons.